The first-order valence-corrected chi connectivity index (χ1v) is 10.2. The highest BCUT2D eigenvalue weighted by atomic mass is 79.9. The van der Waals surface area contributed by atoms with Crippen molar-refractivity contribution >= 4 is 27.9 Å². The van der Waals surface area contributed by atoms with Crippen molar-refractivity contribution in [3.05, 3.63) is 52.9 Å². The van der Waals surface area contributed by atoms with Gasteiger partial charge in [0.25, 0.3) is 0 Å². The van der Waals surface area contributed by atoms with Crippen LogP contribution in [0.15, 0.2) is 47.4 Å². The fourth-order valence-electron chi connectivity index (χ4n) is 3.92. The lowest BCUT2D eigenvalue weighted by molar-refractivity contribution is -0.124. The summed E-state index contributed by atoms with van der Waals surface area (Å²) < 4.78 is 0.806. The van der Waals surface area contributed by atoms with E-state index in [0.717, 1.165) is 35.7 Å². The minimum absolute atomic E-state index is 0.0359. The minimum atomic E-state index is -0.894. The van der Waals surface area contributed by atoms with Gasteiger partial charge < -0.3 is 20.6 Å². The van der Waals surface area contributed by atoms with Crippen molar-refractivity contribution < 1.29 is 14.7 Å². The zero-order chi connectivity index (χ0) is 20.1. The van der Waals surface area contributed by atoms with E-state index in [9.17, 15) is 9.59 Å². The summed E-state index contributed by atoms with van der Waals surface area (Å²) in [6.07, 6.45) is 13.7. The van der Waals surface area contributed by atoms with Gasteiger partial charge in [0, 0.05) is 41.9 Å². The van der Waals surface area contributed by atoms with E-state index in [2.05, 4.69) is 31.5 Å². The maximum Gasteiger partial charge on any atom is 0.407 e. The molecular formula is C20H25BrN4O3. The van der Waals surface area contributed by atoms with Crippen LogP contribution in [0.25, 0.3) is 0 Å². The largest absolute Gasteiger partial charge is 0.465 e. The van der Waals surface area contributed by atoms with Gasteiger partial charge in [-0.3, -0.25) is 9.78 Å². The molecule has 1 fully saturated rings. The predicted molar refractivity (Wildman–Crippen MR) is 109 cm³/mol. The predicted octanol–water partition coefficient (Wildman–Crippen LogP) is 3.34. The number of hydrogen-bond donors (Lipinski definition) is 3. The van der Waals surface area contributed by atoms with Crippen molar-refractivity contribution in [2.75, 3.05) is 7.05 Å². The molecule has 0 saturated heterocycles. The Kier molecular flexibility index (Phi) is 6.39. The number of nitrogens with zero attached hydrogens (tertiary/aromatic N) is 2. The summed E-state index contributed by atoms with van der Waals surface area (Å²) in [5.74, 6) is 0.227. The van der Waals surface area contributed by atoms with Crippen LogP contribution >= 0.6 is 15.9 Å². The van der Waals surface area contributed by atoms with Gasteiger partial charge in [0.2, 0.25) is 5.91 Å². The molecule has 8 heteroatoms. The van der Waals surface area contributed by atoms with E-state index >= 15 is 0 Å². The van der Waals surface area contributed by atoms with Gasteiger partial charge in [0.05, 0.1) is 0 Å². The number of hydrogen-bond acceptors (Lipinski definition) is 4. The lowest BCUT2D eigenvalue weighted by atomic mass is 9.83. The van der Waals surface area contributed by atoms with Crippen LogP contribution in [0.5, 0.6) is 0 Å². The molecule has 2 amide bonds. The number of amides is 2. The summed E-state index contributed by atoms with van der Waals surface area (Å²) >= 11 is 3.52. The molecule has 0 bridgehead atoms. The normalized spacial score (nSPS) is 26.4. The topological polar surface area (TPSA) is 94.6 Å². The second-order valence-corrected chi connectivity index (χ2v) is 8.20. The highest BCUT2D eigenvalue weighted by Gasteiger charge is 2.34. The third-order valence-corrected chi connectivity index (χ3v) is 6.17. The van der Waals surface area contributed by atoms with Crippen LogP contribution in [0.2, 0.25) is 0 Å². The summed E-state index contributed by atoms with van der Waals surface area (Å²) in [5.41, 5.74) is 0.0529. The SMILES string of the molecule is CN(C(=O)O)C1CCC(CC(=O)NC2(c3ccncc3Br)C=CC=CN2)CC1. The Hall–Kier alpha value is -2.35. The number of dihydropyridines is 1. The first kappa shape index (κ1) is 20.4. The summed E-state index contributed by atoms with van der Waals surface area (Å²) in [6.45, 7) is 0. The number of allylic oxidation sites excluding steroid dienone is 2. The van der Waals surface area contributed by atoms with E-state index in [1.807, 2.05) is 24.3 Å². The summed E-state index contributed by atoms with van der Waals surface area (Å²) in [4.78, 5) is 29.4. The molecule has 1 aliphatic heterocycles. The van der Waals surface area contributed by atoms with Gasteiger partial charge in [0.15, 0.2) is 5.66 Å². The lowest BCUT2D eigenvalue weighted by Crippen LogP contribution is -2.54. The van der Waals surface area contributed by atoms with Crippen LogP contribution in [0.4, 0.5) is 4.79 Å². The van der Waals surface area contributed by atoms with Gasteiger partial charge in [0.1, 0.15) is 0 Å². The molecule has 0 spiro atoms. The third kappa shape index (κ3) is 4.55. The zero-order valence-corrected chi connectivity index (χ0v) is 17.4. The van der Waals surface area contributed by atoms with Crippen molar-refractivity contribution in [1.82, 2.24) is 20.5 Å². The summed E-state index contributed by atoms with van der Waals surface area (Å²) in [6, 6.07) is 1.91. The molecule has 28 heavy (non-hydrogen) atoms. The van der Waals surface area contributed by atoms with Crippen molar-refractivity contribution in [2.24, 2.45) is 5.92 Å². The zero-order valence-electron chi connectivity index (χ0n) is 15.8. The van der Waals surface area contributed by atoms with Gasteiger partial charge in [-0.25, -0.2) is 4.79 Å². The molecule has 0 radical (unpaired) electrons. The standard InChI is InChI=1S/C20H25BrN4O3/c1-25(19(27)28)15-6-4-14(5-7-15)12-18(26)24-20(9-2-3-10-23-20)16-8-11-22-13-17(16)21/h2-3,8-11,13-15,23H,4-7,12H2,1H3,(H,24,26)(H,27,28). The lowest BCUT2D eigenvalue weighted by Gasteiger charge is -2.36. The Morgan fingerprint density at radius 2 is 2.11 bits per heavy atom. The molecule has 2 heterocycles. The van der Waals surface area contributed by atoms with E-state index in [-0.39, 0.29) is 17.9 Å². The number of aromatic nitrogens is 1. The van der Waals surface area contributed by atoms with Crippen molar-refractivity contribution in [1.29, 1.82) is 0 Å². The Morgan fingerprint density at radius 3 is 2.71 bits per heavy atom. The number of carbonyl (C=O) groups is 2. The van der Waals surface area contributed by atoms with Crippen LogP contribution < -0.4 is 10.6 Å². The highest BCUT2D eigenvalue weighted by molar-refractivity contribution is 9.10. The molecule has 2 aliphatic rings. The maximum absolute atomic E-state index is 12.8. The number of rotatable bonds is 5. The maximum atomic E-state index is 12.8. The van der Waals surface area contributed by atoms with Gasteiger partial charge >= 0.3 is 6.09 Å². The molecule has 3 N–H and O–H groups in total. The van der Waals surface area contributed by atoms with Crippen molar-refractivity contribution in [3.8, 4) is 0 Å². The van der Waals surface area contributed by atoms with Crippen molar-refractivity contribution in [2.45, 2.75) is 43.8 Å². The van der Waals surface area contributed by atoms with Gasteiger partial charge in [-0.05, 0) is 71.9 Å². The second-order valence-electron chi connectivity index (χ2n) is 7.35. The average Bonchev–Trinajstić information content (AvgIpc) is 2.69. The molecule has 7 nitrogen and oxygen atoms in total. The van der Waals surface area contributed by atoms with E-state index < -0.39 is 11.8 Å². The van der Waals surface area contributed by atoms with E-state index in [1.54, 1.807) is 25.6 Å². The van der Waals surface area contributed by atoms with Crippen LogP contribution in [-0.4, -0.2) is 40.1 Å². The Balaban J connectivity index is 1.63. The molecule has 1 unspecified atom stereocenters. The Morgan fingerprint density at radius 1 is 1.36 bits per heavy atom. The molecular weight excluding hydrogens is 424 g/mol. The number of halogens is 1. The van der Waals surface area contributed by atoms with Gasteiger partial charge in [-0.2, -0.15) is 0 Å². The number of nitrogens with one attached hydrogen (secondary N) is 2. The molecule has 1 aromatic heterocycles. The molecule has 3 rings (SSSR count). The molecule has 1 aliphatic carbocycles. The highest BCUT2D eigenvalue weighted by Crippen LogP contribution is 2.31. The van der Waals surface area contributed by atoms with Crippen LogP contribution in [0, 0.1) is 5.92 Å². The number of carboxylic acid groups (broad SMARTS) is 1. The quantitative estimate of drug-likeness (QED) is 0.641. The summed E-state index contributed by atoms with van der Waals surface area (Å²) in [7, 11) is 1.62. The van der Waals surface area contributed by atoms with Gasteiger partial charge in [-0.15, -0.1) is 0 Å². The Labute approximate surface area is 173 Å². The first-order valence-electron chi connectivity index (χ1n) is 9.40. The minimum Gasteiger partial charge on any atom is -0.465 e. The molecule has 150 valence electrons. The monoisotopic (exact) mass is 448 g/mol. The van der Waals surface area contributed by atoms with Crippen molar-refractivity contribution in [3.63, 3.8) is 0 Å². The number of pyridine rings is 1. The molecule has 0 aromatic carbocycles. The fraction of sp³-hybridized carbons (Fsp3) is 0.450. The molecule has 1 atom stereocenters. The average molecular weight is 449 g/mol. The molecule has 1 saturated carbocycles. The van der Waals surface area contributed by atoms with Gasteiger partial charge in [-0.1, -0.05) is 6.08 Å². The first-order chi connectivity index (χ1) is 13.4. The van der Waals surface area contributed by atoms with Crippen LogP contribution in [0.3, 0.4) is 0 Å². The van der Waals surface area contributed by atoms with Crippen LogP contribution in [0.1, 0.15) is 37.7 Å². The number of carbonyl (C=O) groups excluding carboxylic acids is 1. The van der Waals surface area contributed by atoms with E-state index in [0.29, 0.717) is 6.42 Å². The smallest absolute Gasteiger partial charge is 0.407 e. The summed E-state index contributed by atoms with van der Waals surface area (Å²) in [5, 5.41) is 15.5. The Bertz CT molecular complexity index is 789. The second kappa shape index (κ2) is 8.77. The van der Waals surface area contributed by atoms with Crippen LogP contribution in [-0.2, 0) is 10.5 Å². The van der Waals surface area contributed by atoms with E-state index in [1.165, 1.54) is 4.90 Å². The fourth-order valence-corrected chi connectivity index (χ4v) is 4.48. The molecule has 1 aromatic rings. The van der Waals surface area contributed by atoms with E-state index in [4.69, 9.17) is 5.11 Å². The third-order valence-electron chi connectivity index (χ3n) is 5.54.